The van der Waals surface area contributed by atoms with Gasteiger partial charge in [-0.25, -0.2) is 4.98 Å². The average molecular weight is 277 g/mol. The van der Waals surface area contributed by atoms with Crippen LogP contribution in [0, 0.1) is 0 Å². The number of amides is 1. The number of hydrogen-bond donors (Lipinski definition) is 1. The van der Waals surface area contributed by atoms with Crippen molar-refractivity contribution in [3.8, 4) is 5.88 Å². The first-order chi connectivity index (χ1) is 9.70. The zero-order valence-electron chi connectivity index (χ0n) is 12.3. The Morgan fingerprint density at radius 3 is 2.90 bits per heavy atom. The number of likely N-dealkylation sites (tertiary alicyclic amines) is 1. The van der Waals surface area contributed by atoms with E-state index < -0.39 is 0 Å². The van der Waals surface area contributed by atoms with Crippen LogP contribution in [0.4, 0.5) is 0 Å². The SMILES string of the molecule is COc1cc(CNC(C)C(=O)N2CCCCC2)ccn1. The minimum atomic E-state index is -0.160. The fraction of sp³-hybridized carbons (Fsp3) is 0.600. The molecule has 20 heavy (non-hydrogen) atoms. The van der Waals surface area contributed by atoms with Crippen molar-refractivity contribution in [3.05, 3.63) is 23.9 Å². The Kier molecular flexibility index (Phi) is 5.35. The number of piperidine rings is 1. The van der Waals surface area contributed by atoms with E-state index in [1.807, 2.05) is 24.0 Å². The van der Waals surface area contributed by atoms with Gasteiger partial charge in [0.05, 0.1) is 13.2 Å². The molecule has 1 N–H and O–H groups in total. The number of carbonyl (C=O) groups is 1. The van der Waals surface area contributed by atoms with Gasteiger partial charge in [0.15, 0.2) is 0 Å². The summed E-state index contributed by atoms with van der Waals surface area (Å²) in [4.78, 5) is 18.3. The summed E-state index contributed by atoms with van der Waals surface area (Å²) in [5.74, 6) is 0.796. The summed E-state index contributed by atoms with van der Waals surface area (Å²) < 4.78 is 5.09. The lowest BCUT2D eigenvalue weighted by molar-refractivity contribution is -0.133. The Labute approximate surface area is 120 Å². The third kappa shape index (κ3) is 3.93. The normalized spacial score (nSPS) is 16.8. The monoisotopic (exact) mass is 277 g/mol. The number of carbonyl (C=O) groups excluding carboxylic acids is 1. The maximum atomic E-state index is 12.3. The van der Waals surface area contributed by atoms with Crippen molar-refractivity contribution < 1.29 is 9.53 Å². The first kappa shape index (κ1) is 14.8. The lowest BCUT2D eigenvalue weighted by Gasteiger charge is -2.29. The van der Waals surface area contributed by atoms with Crippen LogP contribution in [0.25, 0.3) is 0 Å². The average Bonchev–Trinajstić information content (AvgIpc) is 2.53. The molecule has 0 bridgehead atoms. The van der Waals surface area contributed by atoms with E-state index in [1.165, 1.54) is 6.42 Å². The maximum Gasteiger partial charge on any atom is 0.239 e. The second-order valence-corrected chi connectivity index (χ2v) is 5.19. The summed E-state index contributed by atoms with van der Waals surface area (Å²) in [5, 5.41) is 3.27. The molecule has 2 heterocycles. The number of rotatable bonds is 5. The molecule has 0 saturated carbocycles. The Hall–Kier alpha value is -1.62. The number of aromatic nitrogens is 1. The van der Waals surface area contributed by atoms with E-state index in [2.05, 4.69) is 10.3 Å². The van der Waals surface area contributed by atoms with Crippen LogP contribution in [-0.4, -0.2) is 42.0 Å². The van der Waals surface area contributed by atoms with E-state index in [9.17, 15) is 4.79 Å². The summed E-state index contributed by atoms with van der Waals surface area (Å²) >= 11 is 0. The molecular formula is C15H23N3O2. The molecule has 5 heteroatoms. The molecule has 1 amide bonds. The number of methoxy groups -OCH3 is 1. The van der Waals surface area contributed by atoms with Crippen LogP contribution in [0.2, 0.25) is 0 Å². The molecular weight excluding hydrogens is 254 g/mol. The third-order valence-electron chi connectivity index (χ3n) is 3.66. The van der Waals surface area contributed by atoms with Crippen molar-refractivity contribution in [2.24, 2.45) is 0 Å². The van der Waals surface area contributed by atoms with Gasteiger partial charge in [0.1, 0.15) is 0 Å². The maximum absolute atomic E-state index is 12.3. The van der Waals surface area contributed by atoms with Crippen molar-refractivity contribution >= 4 is 5.91 Å². The number of nitrogens with one attached hydrogen (secondary N) is 1. The first-order valence-corrected chi connectivity index (χ1v) is 7.22. The van der Waals surface area contributed by atoms with Gasteiger partial charge in [-0.1, -0.05) is 0 Å². The van der Waals surface area contributed by atoms with Gasteiger partial charge in [-0.2, -0.15) is 0 Å². The van der Waals surface area contributed by atoms with E-state index in [-0.39, 0.29) is 11.9 Å². The van der Waals surface area contributed by atoms with Crippen molar-refractivity contribution in [3.63, 3.8) is 0 Å². The molecule has 1 fully saturated rings. The lowest BCUT2D eigenvalue weighted by Crippen LogP contribution is -2.46. The molecule has 0 aliphatic carbocycles. The van der Waals surface area contributed by atoms with E-state index >= 15 is 0 Å². The molecule has 1 aromatic rings. The van der Waals surface area contributed by atoms with Gasteiger partial charge < -0.3 is 15.0 Å². The second kappa shape index (κ2) is 7.24. The molecule has 1 aliphatic rings. The smallest absolute Gasteiger partial charge is 0.239 e. The molecule has 0 spiro atoms. The van der Waals surface area contributed by atoms with Crippen LogP contribution in [-0.2, 0) is 11.3 Å². The van der Waals surface area contributed by atoms with Crippen LogP contribution < -0.4 is 10.1 Å². The first-order valence-electron chi connectivity index (χ1n) is 7.22. The molecule has 1 atom stereocenters. The fourth-order valence-electron chi connectivity index (χ4n) is 2.42. The van der Waals surface area contributed by atoms with Gasteiger partial charge in [-0.05, 0) is 37.8 Å². The van der Waals surface area contributed by atoms with Gasteiger partial charge in [0.2, 0.25) is 11.8 Å². The zero-order chi connectivity index (χ0) is 14.4. The predicted octanol–water partition coefficient (Wildman–Crippen LogP) is 1.58. The highest BCUT2D eigenvalue weighted by Gasteiger charge is 2.21. The van der Waals surface area contributed by atoms with Crippen LogP contribution >= 0.6 is 0 Å². The molecule has 2 rings (SSSR count). The van der Waals surface area contributed by atoms with Gasteiger partial charge in [0.25, 0.3) is 0 Å². The van der Waals surface area contributed by atoms with Gasteiger partial charge in [-0.15, -0.1) is 0 Å². The molecule has 5 nitrogen and oxygen atoms in total. The highest BCUT2D eigenvalue weighted by molar-refractivity contribution is 5.81. The fourth-order valence-corrected chi connectivity index (χ4v) is 2.42. The van der Waals surface area contributed by atoms with Crippen LogP contribution in [0.1, 0.15) is 31.7 Å². The number of hydrogen-bond acceptors (Lipinski definition) is 4. The van der Waals surface area contributed by atoms with Crippen molar-refractivity contribution in [2.45, 2.75) is 38.8 Å². The molecule has 110 valence electrons. The van der Waals surface area contributed by atoms with E-state index in [0.29, 0.717) is 12.4 Å². The summed E-state index contributed by atoms with van der Waals surface area (Å²) in [7, 11) is 1.60. The molecule has 0 aromatic carbocycles. The van der Waals surface area contributed by atoms with Crippen LogP contribution in [0.3, 0.4) is 0 Å². The zero-order valence-corrected chi connectivity index (χ0v) is 12.3. The van der Waals surface area contributed by atoms with Crippen molar-refractivity contribution in [1.29, 1.82) is 0 Å². The molecule has 1 unspecified atom stereocenters. The Morgan fingerprint density at radius 1 is 1.45 bits per heavy atom. The van der Waals surface area contributed by atoms with E-state index in [4.69, 9.17) is 4.74 Å². The molecule has 1 aromatic heterocycles. The van der Waals surface area contributed by atoms with Gasteiger partial charge in [0, 0.05) is 31.9 Å². The van der Waals surface area contributed by atoms with Crippen LogP contribution in [0.15, 0.2) is 18.3 Å². The number of nitrogens with zero attached hydrogens (tertiary/aromatic N) is 2. The number of pyridine rings is 1. The Morgan fingerprint density at radius 2 is 2.20 bits per heavy atom. The quantitative estimate of drug-likeness (QED) is 0.888. The molecule has 1 saturated heterocycles. The minimum absolute atomic E-state index is 0.160. The molecule has 1 aliphatic heterocycles. The summed E-state index contributed by atoms with van der Waals surface area (Å²) in [6.07, 6.45) is 5.20. The summed E-state index contributed by atoms with van der Waals surface area (Å²) in [6, 6.07) is 3.64. The lowest BCUT2D eigenvalue weighted by atomic mass is 10.1. The van der Waals surface area contributed by atoms with Crippen molar-refractivity contribution in [2.75, 3.05) is 20.2 Å². The summed E-state index contributed by atoms with van der Waals surface area (Å²) in [6.45, 7) is 4.36. The minimum Gasteiger partial charge on any atom is -0.481 e. The largest absolute Gasteiger partial charge is 0.481 e. The van der Waals surface area contributed by atoms with Crippen LogP contribution in [0.5, 0.6) is 5.88 Å². The van der Waals surface area contributed by atoms with Gasteiger partial charge >= 0.3 is 0 Å². The standard InChI is InChI=1S/C15H23N3O2/c1-12(15(19)18-8-4-3-5-9-18)17-11-13-6-7-16-14(10-13)20-2/h6-7,10,12,17H,3-5,8-9,11H2,1-2H3. The van der Waals surface area contributed by atoms with Crippen molar-refractivity contribution in [1.82, 2.24) is 15.2 Å². The Balaban J connectivity index is 1.84. The topological polar surface area (TPSA) is 54.5 Å². The predicted molar refractivity (Wildman–Crippen MR) is 77.5 cm³/mol. The highest BCUT2D eigenvalue weighted by Crippen LogP contribution is 2.11. The van der Waals surface area contributed by atoms with E-state index in [0.717, 1.165) is 31.5 Å². The van der Waals surface area contributed by atoms with E-state index in [1.54, 1.807) is 13.3 Å². The van der Waals surface area contributed by atoms with Gasteiger partial charge in [-0.3, -0.25) is 4.79 Å². The Bertz CT molecular complexity index is 444. The summed E-state index contributed by atoms with van der Waals surface area (Å²) in [5.41, 5.74) is 1.06. The number of ether oxygens (including phenoxy) is 1. The molecule has 0 radical (unpaired) electrons. The second-order valence-electron chi connectivity index (χ2n) is 5.19. The highest BCUT2D eigenvalue weighted by atomic mass is 16.5. The third-order valence-corrected chi connectivity index (χ3v) is 3.66.